The monoisotopic (exact) mass is 245 g/mol. The van der Waals surface area contributed by atoms with E-state index in [0.29, 0.717) is 6.54 Å². The van der Waals surface area contributed by atoms with E-state index in [1.54, 1.807) is 19.4 Å². The van der Waals surface area contributed by atoms with E-state index in [2.05, 4.69) is 41.5 Å². The van der Waals surface area contributed by atoms with Gasteiger partial charge in [-0.25, -0.2) is 4.98 Å². The molecule has 18 heavy (non-hydrogen) atoms. The molecule has 0 spiro atoms. The first-order valence-corrected chi connectivity index (χ1v) is 6.16. The summed E-state index contributed by atoms with van der Waals surface area (Å²) in [6, 6.07) is 8.55. The maximum Gasteiger partial charge on any atom is 0.0991 e. The van der Waals surface area contributed by atoms with Gasteiger partial charge in [-0.05, 0) is 31.5 Å². The van der Waals surface area contributed by atoms with Crippen molar-refractivity contribution in [1.82, 2.24) is 14.9 Å². The molecule has 0 amide bonds. The van der Waals surface area contributed by atoms with Crippen LogP contribution in [0.2, 0.25) is 0 Å². The van der Waals surface area contributed by atoms with Gasteiger partial charge in [0.25, 0.3) is 0 Å². The molecule has 0 radical (unpaired) electrons. The van der Waals surface area contributed by atoms with E-state index in [1.165, 1.54) is 5.56 Å². The van der Waals surface area contributed by atoms with Gasteiger partial charge in [0, 0.05) is 30.7 Å². The third-order valence-corrected chi connectivity index (χ3v) is 2.92. The molecule has 0 fully saturated rings. The number of imidazole rings is 1. The third-order valence-electron chi connectivity index (χ3n) is 2.92. The molecule has 1 aromatic carbocycles. The van der Waals surface area contributed by atoms with Crippen molar-refractivity contribution < 1.29 is 5.11 Å². The highest BCUT2D eigenvalue weighted by atomic mass is 16.3. The van der Waals surface area contributed by atoms with Gasteiger partial charge in [0.05, 0.1) is 12.4 Å². The number of aliphatic hydroxyl groups excluding tert-OH is 1. The lowest BCUT2D eigenvalue weighted by atomic mass is 10.1. The summed E-state index contributed by atoms with van der Waals surface area (Å²) in [5.74, 6) is 0. The molecule has 96 valence electrons. The summed E-state index contributed by atoms with van der Waals surface area (Å²) in [6.07, 6.45) is 5.15. The van der Waals surface area contributed by atoms with Crippen LogP contribution in [0.1, 0.15) is 25.5 Å². The van der Waals surface area contributed by atoms with Gasteiger partial charge < -0.3 is 15.0 Å². The van der Waals surface area contributed by atoms with Crippen LogP contribution in [-0.2, 0) is 0 Å². The Bertz CT molecular complexity index is 462. The van der Waals surface area contributed by atoms with Gasteiger partial charge in [-0.3, -0.25) is 0 Å². The summed E-state index contributed by atoms with van der Waals surface area (Å²) < 4.78 is 1.97. The number of nitrogens with zero attached hydrogens (tertiary/aromatic N) is 2. The molecule has 0 aliphatic carbocycles. The smallest absolute Gasteiger partial charge is 0.0991 e. The summed E-state index contributed by atoms with van der Waals surface area (Å²) >= 11 is 0. The van der Waals surface area contributed by atoms with Crippen LogP contribution in [0.15, 0.2) is 43.0 Å². The van der Waals surface area contributed by atoms with E-state index in [0.717, 1.165) is 5.69 Å². The van der Waals surface area contributed by atoms with Crippen molar-refractivity contribution in [2.24, 2.45) is 0 Å². The van der Waals surface area contributed by atoms with Crippen molar-refractivity contribution in [2.45, 2.75) is 26.0 Å². The second-order valence-corrected chi connectivity index (χ2v) is 4.54. The van der Waals surface area contributed by atoms with E-state index in [9.17, 15) is 5.11 Å². The number of rotatable bonds is 5. The maximum absolute atomic E-state index is 9.24. The summed E-state index contributed by atoms with van der Waals surface area (Å²) in [4.78, 5) is 4.03. The van der Waals surface area contributed by atoms with Crippen molar-refractivity contribution in [2.75, 3.05) is 6.54 Å². The number of benzene rings is 1. The molecule has 1 heterocycles. The number of aliphatic hydroxyl groups is 1. The first-order valence-electron chi connectivity index (χ1n) is 6.16. The second kappa shape index (κ2) is 5.80. The minimum absolute atomic E-state index is 0.233. The molecule has 0 aliphatic rings. The van der Waals surface area contributed by atoms with Crippen LogP contribution in [0, 0.1) is 0 Å². The molecule has 4 heteroatoms. The molecule has 0 bridgehead atoms. The van der Waals surface area contributed by atoms with Crippen molar-refractivity contribution >= 4 is 0 Å². The number of hydrogen-bond acceptors (Lipinski definition) is 3. The molecule has 2 N–H and O–H groups in total. The van der Waals surface area contributed by atoms with Crippen molar-refractivity contribution in [1.29, 1.82) is 0 Å². The van der Waals surface area contributed by atoms with Gasteiger partial charge in [0.1, 0.15) is 0 Å². The normalized spacial score (nSPS) is 14.4. The summed E-state index contributed by atoms with van der Waals surface area (Å²) in [5.41, 5.74) is 2.30. The quantitative estimate of drug-likeness (QED) is 0.846. The molecular weight excluding hydrogens is 226 g/mol. The molecular formula is C14H19N3O. The van der Waals surface area contributed by atoms with E-state index in [1.807, 2.05) is 10.8 Å². The number of aromatic nitrogens is 2. The van der Waals surface area contributed by atoms with Gasteiger partial charge in [-0.2, -0.15) is 0 Å². The second-order valence-electron chi connectivity index (χ2n) is 4.54. The Balaban J connectivity index is 2.03. The lowest BCUT2D eigenvalue weighted by Crippen LogP contribution is -2.27. The van der Waals surface area contributed by atoms with Crippen molar-refractivity contribution in [3.63, 3.8) is 0 Å². The van der Waals surface area contributed by atoms with Gasteiger partial charge in [0.2, 0.25) is 0 Å². The molecule has 1 aromatic heterocycles. The van der Waals surface area contributed by atoms with Crippen LogP contribution in [0.3, 0.4) is 0 Å². The zero-order valence-electron chi connectivity index (χ0n) is 10.7. The van der Waals surface area contributed by atoms with Gasteiger partial charge in [0.15, 0.2) is 0 Å². The molecule has 2 atom stereocenters. The molecule has 2 unspecified atom stereocenters. The molecule has 2 rings (SSSR count). The summed E-state index contributed by atoms with van der Waals surface area (Å²) in [5, 5.41) is 12.5. The fourth-order valence-corrected chi connectivity index (χ4v) is 1.81. The Morgan fingerprint density at radius 3 is 2.56 bits per heavy atom. The number of nitrogens with one attached hydrogen (secondary N) is 1. The Labute approximate surface area is 107 Å². The third kappa shape index (κ3) is 3.18. The highest BCUT2D eigenvalue weighted by Gasteiger charge is 2.06. The lowest BCUT2D eigenvalue weighted by Gasteiger charge is -2.16. The Morgan fingerprint density at radius 1 is 1.28 bits per heavy atom. The van der Waals surface area contributed by atoms with Gasteiger partial charge in [-0.15, -0.1) is 0 Å². The summed E-state index contributed by atoms with van der Waals surface area (Å²) in [6.45, 7) is 4.47. The predicted molar refractivity (Wildman–Crippen MR) is 71.7 cm³/mol. The minimum atomic E-state index is -0.322. The molecule has 2 aromatic rings. The maximum atomic E-state index is 9.24. The first kappa shape index (κ1) is 12.8. The Kier molecular flexibility index (Phi) is 4.12. The van der Waals surface area contributed by atoms with Crippen LogP contribution >= 0.6 is 0 Å². The first-order chi connectivity index (χ1) is 8.66. The van der Waals surface area contributed by atoms with Crippen LogP contribution in [0.4, 0.5) is 0 Å². The van der Waals surface area contributed by atoms with E-state index < -0.39 is 0 Å². The number of hydrogen-bond donors (Lipinski definition) is 2. The van der Waals surface area contributed by atoms with Crippen LogP contribution in [0.25, 0.3) is 5.69 Å². The minimum Gasteiger partial charge on any atom is -0.392 e. The van der Waals surface area contributed by atoms with E-state index in [4.69, 9.17) is 0 Å². The predicted octanol–water partition coefficient (Wildman–Crippen LogP) is 1.90. The van der Waals surface area contributed by atoms with Crippen molar-refractivity contribution in [3.8, 4) is 5.69 Å². The van der Waals surface area contributed by atoms with E-state index in [-0.39, 0.29) is 12.1 Å². The van der Waals surface area contributed by atoms with Crippen LogP contribution in [-0.4, -0.2) is 27.3 Å². The molecule has 0 aliphatic heterocycles. The average Bonchev–Trinajstić information content (AvgIpc) is 2.90. The largest absolute Gasteiger partial charge is 0.392 e. The zero-order valence-corrected chi connectivity index (χ0v) is 10.7. The van der Waals surface area contributed by atoms with E-state index >= 15 is 0 Å². The SMILES string of the molecule is CC(O)CNC(C)c1ccc(-n2ccnc2)cc1. The van der Waals surface area contributed by atoms with Crippen molar-refractivity contribution in [3.05, 3.63) is 48.5 Å². The molecule has 4 nitrogen and oxygen atoms in total. The highest BCUT2D eigenvalue weighted by Crippen LogP contribution is 2.15. The fraction of sp³-hybridized carbons (Fsp3) is 0.357. The van der Waals surface area contributed by atoms with Crippen LogP contribution < -0.4 is 5.32 Å². The zero-order chi connectivity index (χ0) is 13.0. The topological polar surface area (TPSA) is 50.1 Å². The summed E-state index contributed by atoms with van der Waals surface area (Å²) in [7, 11) is 0. The fourth-order valence-electron chi connectivity index (χ4n) is 1.81. The molecule has 0 saturated carbocycles. The lowest BCUT2D eigenvalue weighted by molar-refractivity contribution is 0.187. The van der Waals surface area contributed by atoms with Gasteiger partial charge in [-0.1, -0.05) is 12.1 Å². The van der Waals surface area contributed by atoms with Crippen LogP contribution in [0.5, 0.6) is 0 Å². The van der Waals surface area contributed by atoms with Gasteiger partial charge >= 0.3 is 0 Å². The standard InChI is InChI=1S/C14H19N3O/c1-11(18)9-16-12(2)13-3-5-14(6-4-13)17-8-7-15-10-17/h3-8,10-12,16,18H,9H2,1-2H3. The average molecular weight is 245 g/mol. The highest BCUT2D eigenvalue weighted by molar-refractivity contribution is 5.35. The molecule has 0 saturated heterocycles. The Hall–Kier alpha value is -1.65. The Morgan fingerprint density at radius 2 is 2.00 bits per heavy atom.